The standard InChI is InChI=1S/C21H31N5O2/c1-6-22-20(27)8-7-17-14(4)23-19-11-18(24-26(19)15(17)5)16-9-10-25(12-16)21(28)13(2)3/h11,13,16H,6-10,12H2,1-5H3,(H,22,27)/t16-/m1/s1. The van der Waals surface area contributed by atoms with Crippen molar-refractivity contribution in [2.75, 3.05) is 19.6 Å². The maximum Gasteiger partial charge on any atom is 0.225 e. The molecule has 7 heteroatoms. The van der Waals surface area contributed by atoms with Gasteiger partial charge in [-0.1, -0.05) is 13.8 Å². The molecule has 0 aliphatic carbocycles. The Kier molecular flexibility index (Phi) is 6.01. The van der Waals surface area contributed by atoms with Gasteiger partial charge in [0.1, 0.15) is 0 Å². The summed E-state index contributed by atoms with van der Waals surface area (Å²) < 4.78 is 1.89. The fourth-order valence-electron chi connectivity index (χ4n) is 4.00. The van der Waals surface area contributed by atoms with Crippen molar-refractivity contribution in [3.05, 3.63) is 28.7 Å². The Bertz CT molecular complexity index is 887. The fourth-order valence-corrected chi connectivity index (χ4v) is 4.00. The molecule has 0 aromatic carbocycles. The monoisotopic (exact) mass is 385 g/mol. The van der Waals surface area contributed by atoms with Crippen molar-refractivity contribution < 1.29 is 9.59 Å². The van der Waals surface area contributed by atoms with Crippen LogP contribution in [-0.2, 0) is 16.0 Å². The Balaban J connectivity index is 1.81. The van der Waals surface area contributed by atoms with Gasteiger partial charge in [0.2, 0.25) is 11.8 Å². The van der Waals surface area contributed by atoms with Gasteiger partial charge >= 0.3 is 0 Å². The summed E-state index contributed by atoms with van der Waals surface area (Å²) in [6.45, 7) is 12.0. The van der Waals surface area contributed by atoms with Gasteiger partial charge in [-0.2, -0.15) is 5.10 Å². The van der Waals surface area contributed by atoms with Crippen molar-refractivity contribution >= 4 is 17.5 Å². The van der Waals surface area contributed by atoms with Gasteiger partial charge in [-0.3, -0.25) is 9.59 Å². The van der Waals surface area contributed by atoms with Crippen molar-refractivity contribution in [1.82, 2.24) is 24.8 Å². The third-order valence-corrected chi connectivity index (χ3v) is 5.57. The number of aromatic nitrogens is 3. The van der Waals surface area contributed by atoms with Crippen LogP contribution < -0.4 is 5.32 Å². The van der Waals surface area contributed by atoms with E-state index in [0.29, 0.717) is 19.4 Å². The lowest BCUT2D eigenvalue weighted by Gasteiger charge is -2.18. The number of fused-ring (bicyclic) bond motifs is 1. The number of carbonyl (C=O) groups is 2. The molecule has 0 radical (unpaired) electrons. The summed E-state index contributed by atoms with van der Waals surface area (Å²) in [5, 5.41) is 7.65. The number of carbonyl (C=O) groups excluding carboxylic acids is 2. The maximum atomic E-state index is 12.3. The number of likely N-dealkylation sites (tertiary alicyclic amines) is 1. The molecule has 152 valence electrons. The first kappa shape index (κ1) is 20.3. The second kappa shape index (κ2) is 8.29. The number of aryl methyl sites for hydroxylation is 2. The highest BCUT2D eigenvalue weighted by Gasteiger charge is 2.30. The Morgan fingerprint density at radius 2 is 2.07 bits per heavy atom. The van der Waals surface area contributed by atoms with Crippen LogP contribution in [0.15, 0.2) is 6.07 Å². The SMILES string of the molecule is CCNC(=O)CCc1c(C)nc2cc([C@@H]3CCN(C(=O)C(C)C)C3)nn2c1C. The molecule has 1 saturated heterocycles. The third kappa shape index (κ3) is 4.03. The van der Waals surface area contributed by atoms with Gasteiger partial charge in [0.15, 0.2) is 5.65 Å². The normalized spacial score (nSPS) is 16.9. The summed E-state index contributed by atoms with van der Waals surface area (Å²) in [7, 11) is 0. The molecule has 3 rings (SSSR count). The maximum absolute atomic E-state index is 12.3. The van der Waals surface area contributed by atoms with E-state index in [1.165, 1.54) is 0 Å². The molecule has 3 heterocycles. The smallest absolute Gasteiger partial charge is 0.225 e. The minimum absolute atomic E-state index is 0.0267. The molecule has 1 N–H and O–H groups in total. The van der Waals surface area contributed by atoms with E-state index < -0.39 is 0 Å². The van der Waals surface area contributed by atoms with Gasteiger partial charge in [-0.25, -0.2) is 9.50 Å². The highest BCUT2D eigenvalue weighted by molar-refractivity contribution is 5.78. The zero-order valence-electron chi connectivity index (χ0n) is 17.6. The van der Waals surface area contributed by atoms with Gasteiger partial charge in [0, 0.05) is 55.3 Å². The Morgan fingerprint density at radius 3 is 2.75 bits per heavy atom. The number of nitrogens with one attached hydrogen (secondary N) is 1. The van der Waals surface area contributed by atoms with Crippen LogP contribution in [0.5, 0.6) is 0 Å². The minimum Gasteiger partial charge on any atom is -0.356 e. The molecular formula is C21H31N5O2. The van der Waals surface area contributed by atoms with Crippen LogP contribution in [-0.4, -0.2) is 50.9 Å². The highest BCUT2D eigenvalue weighted by atomic mass is 16.2. The molecule has 2 aromatic heterocycles. The average molecular weight is 386 g/mol. The van der Waals surface area contributed by atoms with E-state index in [-0.39, 0.29) is 23.7 Å². The number of rotatable bonds is 6. The van der Waals surface area contributed by atoms with Crippen LogP contribution in [0.3, 0.4) is 0 Å². The number of hydrogen-bond acceptors (Lipinski definition) is 4. The van der Waals surface area contributed by atoms with Gasteiger partial charge in [0.25, 0.3) is 0 Å². The lowest BCUT2D eigenvalue weighted by Crippen LogP contribution is -2.32. The van der Waals surface area contributed by atoms with Crippen LogP contribution in [0, 0.1) is 19.8 Å². The molecule has 1 atom stereocenters. The van der Waals surface area contributed by atoms with Crippen LogP contribution in [0.1, 0.15) is 62.2 Å². The summed E-state index contributed by atoms with van der Waals surface area (Å²) in [5.41, 5.74) is 4.89. The lowest BCUT2D eigenvalue weighted by molar-refractivity contribution is -0.133. The predicted octanol–water partition coefficient (Wildman–Crippen LogP) is 2.39. The average Bonchev–Trinajstić information content (AvgIpc) is 3.27. The van der Waals surface area contributed by atoms with Crippen molar-refractivity contribution in [3.63, 3.8) is 0 Å². The summed E-state index contributed by atoms with van der Waals surface area (Å²) in [6, 6.07) is 2.04. The first-order valence-corrected chi connectivity index (χ1v) is 10.2. The van der Waals surface area contributed by atoms with Gasteiger partial charge in [0.05, 0.1) is 5.69 Å². The Morgan fingerprint density at radius 1 is 1.32 bits per heavy atom. The largest absolute Gasteiger partial charge is 0.356 e. The van der Waals surface area contributed by atoms with E-state index in [9.17, 15) is 9.59 Å². The lowest BCUT2D eigenvalue weighted by atomic mass is 10.1. The summed E-state index contributed by atoms with van der Waals surface area (Å²) in [5.74, 6) is 0.550. The summed E-state index contributed by atoms with van der Waals surface area (Å²) >= 11 is 0. The van der Waals surface area contributed by atoms with Crippen LogP contribution in [0.2, 0.25) is 0 Å². The molecule has 2 amide bonds. The molecule has 1 aliphatic rings. The molecule has 7 nitrogen and oxygen atoms in total. The van der Waals surface area contributed by atoms with E-state index in [0.717, 1.165) is 47.8 Å². The van der Waals surface area contributed by atoms with E-state index >= 15 is 0 Å². The quantitative estimate of drug-likeness (QED) is 0.828. The zero-order valence-corrected chi connectivity index (χ0v) is 17.6. The molecular weight excluding hydrogens is 354 g/mol. The number of nitrogens with zero attached hydrogens (tertiary/aromatic N) is 4. The molecule has 0 unspecified atom stereocenters. The second-order valence-electron chi connectivity index (χ2n) is 7.98. The Hall–Kier alpha value is -2.44. The van der Waals surface area contributed by atoms with Crippen molar-refractivity contribution in [3.8, 4) is 0 Å². The second-order valence-corrected chi connectivity index (χ2v) is 7.98. The summed E-state index contributed by atoms with van der Waals surface area (Å²) in [4.78, 5) is 30.8. The topological polar surface area (TPSA) is 79.6 Å². The zero-order chi connectivity index (χ0) is 20.4. The molecule has 0 bridgehead atoms. The van der Waals surface area contributed by atoms with Crippen molar-refractivity contribution in [1.29, 1.82) is 0 Å². The first-order valence-electron chi connectivity index (χ1n) is 10.2. The molecule has 1 fully saturated rings. The van der Waals surface area contributed by atoms with Crippen LogP contribution in [0.25, 0.3) is 5.65 Å². The minimum atomic E-state index is 0.0267. The molecule has 28 heavy (non-hydrogen) atoms. The van der Waals surface area contributed by atoms with Crippen LogP contribution >= 0.6 is 0 Å². The van der Waals surface area contributed by atoms with Gasteiger partial charge in [-0.05, 0) is 39.2 Å². The number of hydrogen-bond donors (Lipinski definition) is 1. The van der Waals surface area contributed by atoms with Gasteiger partial charge < -0.3 is 10.2 Å². The van der Waals surface area contributed by atoms with Crippen LogP contribution in [0.4, 0.5) is 0 Å². The fraction of sp³-hybridized carbons (Fsp3) is 0.619. The van der Waals surface area contributed by atoms with E-state index in [4.69, 9.17) is 10.1 Å². The first-order chi connectivity index (χ1) is 13.3. The van der Waals surface area contributed by atoms with Crippen molar-refractivity contribution in [2.24, 2.45) is 5.92 Å². The highest BCUT2D eigenvalue weighted by Crippen LogP contribution is 2.28. The molecule has 1 aliphatic heterocycles. The molecule has 0 spiro atoms. The predicted molar refractivity (Wildman–Crippen MR) is 108 cm³/mol. The van der Waals surface area contributed by atoms with E-state index in [1.807, 2.05) is 50.1 Å². The Labute approximate surface area is 166 Å². The van der Waals surface area contributed by atoms with Gasteiger partial charge in [-0.15, -0.1) is 0 Å². The third-order valence-electron chi connectivity index (χ3n) is 5.57. The number of amides is 2. The van der Waals surface area contributed by atoms with E-state index in [2.05, 4.69) is 5.32 Å². The summed E-state index contributed by atoms with van der Waals surface area (Å²) in [6.07, 6.45) is 2.04. The van der Waals surface area contributed by atoms with E-state index in [1.54, 1.807) is 0 Å². The van der Waals surface area contributed by atoms with Crippen molar-refractivity contribution in [2.45, 2.75) is 59.8 Å². The molecule has 0 saturated carbocycles. The molecule has 2 aromatic rings.